The largest absolute Gasteiger partial charge is 0.320 e. The van der Waals surface area contributed by atoms with E-state index in [2.05, 4.69) is 25.4 Å². The Morgan fingerprint density at radius 3 is 3.18 bits per heavy atom. The van der Waals surface area contributed by atoms with E-state index in [0.29, 0.717) is 11.6 Å². The van der Waals surface area contributed by atoms with Gasteiger partial charge in [-0.15, -0.1) is 0 Å². The lowest BCUT2D eigenvalue weighted by atomic mass is 10.6. The highest BCUT2D eigenvalue weighted by Gasteiger charge is 1.99. The lowest BCUT2D eigenvalue weighted by Gasteiger charge is -1.86. The van der Waals surface area contributed by atoms with Crippen LogP contribution in [0.2, 0.25) is 0 Å². The van der Waals surface area contributed by atoms with Crippen LogP contribution in [0.1, 0.15) is 0 Å². The molecule has 56 valence electrons. The lowest BCUT2D eigenvalue weighted by Crippen LogP contribution is -2.07. The zero-order chi connectivity index (χ0) is 7.68. The quantitative estimate of drug-likeness (QED) is 0.381. The second kappa shape index (κ2) is 2.17. The van der Waals surface area contributed by atoms with Crippen LogP contribution in [-0.4, -0.2) is 19.9 Å². The summed E-state index contributed by atoms with van der Waals surface area (Å²) in [5, 5.41) is 0. The standard InChI is InChI=1S/C5H6N6/c6-11-5-9-3-1-7-2-8-4(3)10-5/h1-2H,6H2,(H2,7,8,9,10,11). The van der Waals surface area contributed by atoms with Crippen molar-refractivity contribution in [1.82, 2.24) is 19.9 Å². The first kappa shape index (κ1) is 6.05. The van der Waals surface area contributed by atoms with Crippen LogP contribution in [0.5, 0.6) is 0 Å². The van der Waals surface area contributed by atoms with Crippen molar-refractivity contribution >= 4 is 17.1 Å². The summed E-state index contributed by atoms with van der Waals surface area (Å²) in [6, 6.07) is 0. The SMILES string of the molecule is NNc1nc2ncncc2[nH]1. The van der Waals surface area contributed by atoms with Crippen molar-refractivity contribution in [3.8, 4) is 0 Å². The van der Waals surface area contributed by atoms with Gasteiger partial charge in [0.2, 0.25) is 5.95 Å². The summed E-state index contributed by atoms with van der Waals surface area (Å²) < 4.78 is 0. The molecular formula is C5H6N6. The van der Waals surface area contributed by atoms with E-state index in [1.807, 2.05) is 0 Å². The van der Waals surface area contributed by atoms with Crippen LogP contribution in [0, 0.1) is 0 Å². The van der Waals surface area contributed by atoms with Gasteiger partial charge in [-0.05, 0) is 0 Å². The molecule has 0 saturated carbocycles. The van der Waals surface area contributed by atoms with E-state index in [4.69, 9.17) is 5.84 Å². The van der Waals surface area contributed by atoms with Gasteiger partial charge in [-0.2, -0.15) is 4.98 Å². The molecule has 0 amide bonds. The minimum Gasteiger partial charge on any atom is -0.320 e. The molecule has 2 aromatic heterocycles. The molecule has 0 aliphatic carbocycles. The third kappa shape index (κ3) is 0.887. The molecule has 0 aromatic carbocycles. The average molecular weight is 150 g/mol. The van der Waals surface area contributed by atoms with Crippen molar-refractivity contribution in [3.63, 3.8) is 0 Å². The summed E-state index contributed by atoms with van der Waals surface area (Å²) in [6.45, 7) is 0. The third-order valence-corrected chi connectivity index (χ3v) is 1.30. The van der Waals surface area contributed by atoms with Crippen molar-refractivity contribution in [2.45, 2.75) is 0 Å². The molecule has 0 atom stereocenters. The van der Waals surface area contributed by atoms with Gasteiger partial charge in [0.25, 0.3) is 0 Å². The number of fused-ring (bicyclic) bond motifs is 1. The van der Waals surface area contributed by atoms with E-state index >= 15 is 0 Å². The van der Waals surface area contributed by atoms with Gasteiger partial charge in [0, 0.05) is 0 Å². The maximum absolute atomic E-state index is 5.12. The minimum absolute atomic E-state index is 0.487. The van der Waals surface area contributed by atoms with E-state index in [-0.39, 0.29) is 0 Å². The summed E-state index contributed by atoms with van der Waals surface area (Å²) in [4.78, 5) is 14.6. The zero-order valence-corrected chi connectivity index (χ0v) is 5.57. The minimum atomic E-state index is 0.487. The summed E-state index contributed by atoms with van der Waals surface area (Å²) in [7, 11) is 0. The number of aromatic amines is 1. The maximum atomic E-state index is 5.12. The molecule has 0 fully saturated rings. The normalized spacial score (nSPS) is 10.3. The van der Waals surface area contributed by atoms with E-state index in [9.17, 15) is 0 Å². The molecule has 0 radical (unpaired) electrons. The Morgan fingerprint density at radius 1 is 1.55 bits per heavy atom. The molecule has 11 heavy (non-hydrogen) atoms. The van der Waals surface area contributed by atoms with Crippen LogP contribution < -0.4 is 11.3 Å². The number of nitrogens with one attached hydrogen (secondary N) is 2. The Labute approximate surface area is 61.8 Å². The van der Waals surface area contributed by atoms with Crippen LogP contribution in [0.15, 0.2) is 12.5 Å². The molecular weight excluding hydrogens is 144 g/mol. The van der Waals surface area contributed by atoms with Gasteiger partial charge < -0.3 is 4.98 Å². The number of rotatable bonds is 1. The Kier molecular flexibility index (Phi) is 1.19. The highest BCUT2D eigenvalue weighted by molar-refractivity contribution is 5.71. The van der Waals surface area contributed by atoms with Crippen LogP contribution in [0.3, 0.4) is 0 Å². The Hall–Kier alpha value is -1.69. The first-order valence-corrected chi connectivity index (χ1v) is 3.02. The van der Waals surface area contributed by atoms with Gasteiger partial charge in [-0.25, -0.2) is 15.8 Å². The van der Waals surface area contributed by atoms with Crippen LogP contribution in [-0.2, 0) is 0 Å². The topological polar surface area (TPSA) is 92.5 Å². The molecule has 2 rings (SSSR count). The summed E-state index contributed by atoms with van der Waals surface area (Å²) in [5.74, 6) is 5.61. The van der Waals surface area contributed by atoms with Crippen LogP contribution >= 0.6 is 0 Å². The van der Waals surface area contributed by atoms with Crippen LogP contribution in [0.4, 0.5) is 5.95 Å². The van der Waals surface area contributed by atoms with Gasteiger partial charge in [0.1, 0.15) is 11.8 Å². The van der Waals surface area contributed by atoms with E-state index in [0.717, 1.165) is 5.52 Å². The highest BCUT2D eigenvalue weighted by Crippen LogP contribution is 2.07. The van der Waals surface area contributed by atoms with E-state index in [1.165, 1.54) is 6.33 Å². The highest BCUT2D eigenvalue weighted by atomic mass is 15.3. The fourth-order valence-electron chi connectivity index (χ4n) is 0.830. The number of hydrazine groups is 1. The molecule has 0 saturated heterocycles. The van der Waals surface area contributed by atoms with Gasteiger partial charge in [-0.1, -0.05) is 0 Å². The molecule has 4 N–H and O–H groups in total. The smallest absolute Gasteiger partial charge is 0.217 e. The number of aromatic nitrogens is 4. The summed E-state index contributed by atoms with van der Waals surface area (Å²) >= 11 is 0. The number of nitrogens with zero attached hydrogens (tertiary/aromatic N) is 3. The van der Waals surface area contributed by atoms with Gasteiger partial charge in [0.15, 0.2) is 5.65 Å². The molecule has 0 aliphatic rings. The number of hydrogen-bond acceptors (Lipinski definition) is 5. The first-order chi connectivity index (χ1) is 5.40. The average Bonchev–Trinajstić information content (AvgIpc) is 2.46. The molecule has 6 heteroatoms. The maximum Gasteiger partial charge on any atom is 0.217 e. The fourth-order valence-corrected chi connectivity index (χ4v) is 0.830. The molecule has 0 spiro atoms. The summed E-state index contributed by atoms with van der Waals surface area (Å²) in [5.41, 5.74) is 3.75. The van der Waals surface area contributed by atoms with Crippen LogP contribution in [0.25, 0.3) is 11.2 Å². The van der Waals surface area contributed by atoms with Gasteiger partial charge >= 0.3 is 0 Å². The number of H-pyrrole nitrogens is 1. The summed E-state index contributed by atoms with van der Waals surface area (Å²) in [6.07, 6.45) is 3.07. The Bertz CT molecular complexity index is 333. The van der Waals surface area contributed by atoms with Crippen molar-refractivity contribution in [2.75, 3.05) is 5.43 Å². The monoisotopic (exact) mass is 150 g/mol. The number of nitrogen functional groups attached to an aromatic ring is 1. The van der Waals surface area contributed by atoms with Crippen molar-refractivity contribution < 1.29 is 0 Å². The number of anilines is 1. The number of hydrogen-bond donors (Lipinski definition) is 3. The Morgan fingerprint density at radius 2 is 2.45 bits per heavy atom. The molecule has 6 nitrogen and oxygen atoms in total. The van der Waals surface area contributed by atoms with Crippen molar-refractivity contribution in [3.05, 3.63) is 12.5 Å². The fraction of sp³-hybridized carbons (Fsp3) is 0. The number of nitrogens with two attached hydrogens (primary N) is 1. The van der Waals surface area contributed by atoms with E-state index < -0.39 is 0 Å². The molecule has 2 heterocycles. The predicted molar refractivity (Wildman–Crippen MR) is 39.5 cm³/mol. The van der Waals surface area contributed by atoms with Crippen molar-refractivity contribution in [2.24, 2.45) is 5.84 Å². The lowest BCUT2D eigenvalue weighted by molar-refractivity contribution is 1.19. The van der Waals surface area contributed by atoms with Gasteiger partial charge in [-0.3, -0.25) is 5.43 Å². The number of imidazole rings is 1. The van der Waals surface area contributed by atoms with Crippen molar-refractivity contribution in [1.29, 1.82) is 0 Å². The second-order valence-corrected chi connectivity index (χ2v) is 1.99. The predicted octanol–water partition coefficient (Wildman–Crippen LogP) is -0.362. The van der Waals surface area contributed by atoms with E-state index in [1.54, 1.807) is 6.20 Å². The second-order valence-electron chi connectivity index (χ2n) is 1.99. The zero-order valence-electron chi connectivity index (χ0n) is 5.57. The molecule has 2 aromatic rings. The third-order valence-electron chi connectivity index (χ3n) is 1.30. The first-order valence-electron chi connectivity index (χ1n) is 3.02. The molecule has 0 aliphatic heterocycles. The molecule has 0 unspecified atom stereocenters. The van der Waals surface area contributed by atoms with Gasteiger partial charge in [0.05, 0.1) is 6.20 Å². The molecule has 0 bridgehead atoms. The Balaban J connectivity index is 2.69.